The Hall–Kier alpha value is -1.31. The van der Waals surface area contributed by atoms with E-state index in [0.29, 0.717) is 11.3 Å². The largest absolute Gasteiger partial charge is 0.399 e. The van der Waals surface area contributed by atoms with Crippen molar-refractivity contribution in [1.82, 2.24) is 0 Å². The molecule has 2 rings (SSSR count). The number of nitrogens with zero attached hydrogens (tertiary/aromatic N) is 1. The van der Waals surface area contributed by atoms with Gasteiger partial charge in [-0.15, -0.1) is 0 Å². The Kier molecular flexibility index (Phi) is 4.22. The lowest BCUT2D eigenvalue weighted by Crippen LogP contribution is -2.39. The predicted octanol–water partition coefficient (Wildman–Crippen LogP) is 0.840. The first-order valence-electron chi connectivity index (χ1n) is 6.53. The monoisotopic (exact) mass is 299 g/mol. The molecule has 0 saturated carbocycles. The van der Waals surface area contributed by atoms with Crippen molar-refractivity contribution < 1.29 is 13.2 Å². The fourth-order valence-electron chi connectivity index (χ4n) is 2.67. The highest BCUT2D eigenvalue weighted by Crippen LogP contribution is 2.31. The third-order valence-corrected chi connectivity index (χ3v) is 4.75. The minimum absolute atomic E-state index is 0.0899. The number of sulfonamides is 1. The second-order valence-corrected chi connectivity index (χ2v) is 6.68. The lowest BCUT2D eigenvalue weighted by atomic mass is 10.1. The van der Waals surface area contributed by atoms with Crippen LogP contribution >= 0.6 is 0 Å². The Bertz CT molecular complexity index is 601. The second-order valence-electron chi connectivity index (χ2n) is 5.15. The first-order chi connectivity index (χ1) is 9.32. The predicted molar refractivity (Wildman–Crippen MR) is 79.2 cm³/mol. The fraction of sp³-hybridized carbons (Fsp3) is 0.538. The maximum absolute atomic E-state index is 11.6. The highest BCUT2D eigenvalue weighted by Gasteiger charge is 2.24. The first kappa shape index (κ1) is 15.1. The molecule has 0 amide bonds. The summed E-state index contributed by atoms with van der Waals surface area (Å²) in [5.41, 5.74) is 7.67. The summed E-state index contributed by atoms with van der Waals surface area (Å²) in [6.07, 6.45) is 2.16. The number of benzene rings is 1. The van der Waals surface area contributed by atoms with E-state index in [-0.39, 0.29) is 11.0 Å². The zero-order chi connectivity index (χ0) is 14.9. The van der Waals surface area contributed by atoms with Gasteiger partial charge in [0.1, 0.15) is 0 Å². The van der Waals surface area contributed by atoms with Crippen molar-refractivity contribution in [3.63, 3.8) is 0 Å². The Morgan fingerprint density at radius 1 is 1.40 bits per heavy atom. The number of primary sulfonamides is 1. The van der Waals surface area contributed by atoms with Gasteiger partial charge >= 0.3 is 0 Å². The minimum atomic E-state index is -3.77. The van der Waals surface area contributed by atoms with Crippen LogP contribution in [0.3, 0.4) is 0 Å². The molecule has 1 aliphatic heterocycles. The highest BCUT2D eigenvalue weighted by atomic mass is 32.2. The average Bonchev–Trinajstić information content (AvgIpc) is 2.40. The molecule has 0 bridgehead atoms. The molecule has 1 fully saturated rings. The van der Waals surface area contributed by atoms with Crippen LogP contribution in [0.4, 0.5) is 11.4 Å². The van der Waals surface area contributed by atoms with Gasteiger partial charge in [-0.3, -0.25) is 0 Å². The molecule has 6 nitrogen and oxygen atoms in total. The zero-order valence-electron chi connectivity index (χ0n) is 11.8. The maximum Gasteiger partial charge on any atom is 0.238 e. The van der Waals surface area contributed by atoms with Gasteiger partial charge in [-0.2, -0.15) is 0 Å². The Morgan fingerprint density at radius 2 is 2.10 bits per heavy atom. The summed E-state index contributed by atoms with van der Waals surface area (Å²) < 4.78 is 28.7. The number of hydrogen-bond acceptors (Lipinski definition) is 5. The lowest BCUT2D eigenvalue weighted by Gasteiger charge is -2.35. The van der Waals surface area contributed by atoms with Gasteiger partial charge in [0.25, 0.3) is 0 Å². The van der Waals surface area contributed by atoms with Crippen LogP contribution in [0.2, 0.25) is 0 Å². The molecule has 1 unspecified atom stereocenters. The molecule has 112 valence electrons. The molecule has 1 aromatic carbocycles. The molecule has 4 N–H and O–H groups in total. The Morgan fingerprint density at radius 3 is 2.70 bits per heavy atom. The SMILES string of the molecule is COC1CCCN(c2cc(N)cc(S(N)(=O)=O)c2C)C1. The van der Waals surface area contributed by atoms with Crippen molar-refractivity contribution in [2.45, 2.75) is 30.8 Å². The molecule has 1 heterocycles. The Balaban J connectivity index is 2.44. The van der Waals surface area contributed by atoms with Gasteiger partial charge in [0, 0.05) is 31.6 Å². The molecular formula is C13H21N3O3S. The molecule has 1 atom stereocenters. The number of ether oxygens (including phenoxy) is 1. The van der Waals surface area contributed by atoms with E-state index >= 15 is 0 Å². The molecule has 1 aromatic rings. The van der Waals surface area contributed by atoms with Crippen LogP contribution in [0.1, 0.15) is 18.4 Å². The summed E-state index contributed by atoms with van der Waals surface area (Å²) in [6.45, 7) is 3.34. The normalized spacial score (nSPS) is 20.1. The summed E-state index contributed by atoms with van der Waals surface area (Å²) in [6, 6.07) is 3.20. The van der Waals surface area contributed by atoms with Crippen molar-refractivity contribution in [1.29, 1.82) is 0 Å². The number of nitrogens with two attached hydrogens (primary N) is 2. The minimum Gasteiger partial charge on any atom is -0.399 e. The van der Waals surface area contributed by atoms with E-state index in [0.717, 1.165) is 31.6 Å². The quantitative estimate of drug-likeness (QED) is 0.806. The summed E-state index contributed by atoms with van der Waals surface area (Å²) in [4.78, 5) is 2.20. The molecule has 0 aliphatic carbocycles. The fourth-order valence-corrected chi connectivity index (χ4v) is 3.50. The van der Waals surface area contributed by atoms with Crippen LogP contribution in [0.5, 0.6) is 0 Å². The average molecular weight is 299 g/mol. The van der Waals surface area contributed by atoms with Crippen molar-refractivity contribution in [3.05, 3.63) is 17.7 Å². The summed E-state index contributed by atoms with van der Waals surface area (Å²) in [7, 11) is -2.08. The number of rotatable bonds is 3. The molecule has 7 heteroatoms. The summed E-state index contributed by atoms with van der Waals surface area (Å²) in [5.74, 6) is 0. The molecule has 0 radical (unpaired) electrons. The number of methoxy groups -OCH3 is 1. The zero-order valence-corrected chi connectivity index (χ0v) is 12.6. The smallest absolute Gasteiger partial charge is 0.238 e. The van der Waals surface area contributed by atoms with Crippen LogP contribution in [0.15, 0.2) is 17.0 Å². The number of hydrogen-bond donors (Lipinski definition) is 2. The standard InChI is InChI=1S/C13H21N3O3S/c1-9-12(16-5-3-4-11(8-16)19-2)6-10(14)7-13(9)20(15,17)18/h6-7,11H,3-5,8,14H2,1-2H3,(H2,15,17,18). The number of piperidine rings is 1. The first-order valence-corrected chi connectivity index (χ1v) is 8.08. The van der Waals surface area contributed by atoms with E-state index in [1.807, 2.05) is 0 Å². The van der Waals surface area contributed by atoms with E-state index < -0.39 is 10.0 Å². The third kappa shape index (κ3) is 3.05. The summed E-state index contributed by atoms with van der Waals surface area (Å²) >= 11 is 0. The highest BCUT2D eigenvalue weighted by molar-refractivity contribution is 7.89. The van der Waals surface area contributed by atoms with Gasteiger partial charge in [0.15, 0.2) is 0 Å². The van der Waals surface area contributed by atoms with Crippen LogP contribution < -0.4 is 15.8 Å². The van der Waals surface area contributed by atoms with Gasteiger partial charge in [-0.05, 0) is 37.5 Å². The molecular weight excluding hydrogens is 278 g/mol. The van der Waals surface area contributed by atoms with Crippen LogP contribution in [-0.2, 0) is 14.8 Å². The van der Waals surface area contributed by atoms with E-state index in [1.54, 1.807) is 20.1 Å². The van der Waals surface area contributed by atoms with Crippen molar-refractivity contribution >= 4 is 21.4 Å². The van der Waals surface area contributed by atoms with Crippen LogP contribution in [-0.4, -0.2) is 34.7 Å². The molecule has 1 aliphatic rings. The molecule has 0 spiro atoms. The van der Waals surface area contributed by atoms with E-state index in [1.165, 1.54) is 6.07 Å². The van der Waals surface area contributed by atoms with Gasteiger partial charge in [0.2, 0.25) is 10.0 Å². The van der Waals surface area contributed by atoms with Crippen LogP contribution in [0, 0.1) is 6.92 Å². The molecule has 20 heavy (non-hydrogen) atoms. The number of anilines is 2. The lowest BCUT2D eigenvalue weighted by molar-refractivity contribution is 0.0893. The Labute approximate surface area is 119 Å². The van der Waals surface area contributed by atoms with Gasteiger partial charge in [0.05, 0.1) is 11.0 Å². The molecule has 0 aromatic heterocycles. The van der Waals surface area contributed by atoms with Crippen molar-refractivity contribution in [3.8, 4) is 0 Å². The van der Waals surface area contributed by atoms with Gasteiger partial charge < -0.3 is 15.4 Å². The summed E-state index contributed by atoms with van der Waals surface area (Å²) in [5, 5.41) is 5.25. The van der Waals surface area contributed by atoms with E-state index in [2.05, 4.69) is 4.90 Å². The van der Waals surface area contributed by atoms with E-state index in [4.69, 9.17) is 15.6 Å². The molecule has 1 saturated heterocycles. The maximum atomic E-state index is 11.6. The van der Waals surface area contributed by atoms with Crippen LogP contribution in [0.25, 0.3) is 0 Å². The van der Waals surface area contributed by atoms with Crippen molar-refractivity contribution in [2.24, 2.45) is 5.14 Å². The van der Waals surface area contributed by atoms with Crippen molar-refractivity contribution in [2.75, 3.05) is 30.8 Å². The topological polar surface area (TPSA) is 98.7 Å². The third-order valence-electron chi connectivity index (χ3n) is 3.71. The van der Waals surface area contributed by atoms with Gasteiger partial charge in [-0.25, -0.2) is 13.6 Å². The number of nitrogen functional groups attached to an aromatic ring is 1. The van der Waals surface area contributed by atoms with Gasteiger partial charge in [-0.1, -0.05) is 0 Å². The van der Waals surface area contributed by atoms with E-state index in [9.17, 15) is 8.42 Å². The second kappa shape index (κ2) is 5.59.